The van der Waals surface area contributed by atoms with Gasteiger partial charge in [-0.2, -0.15) is 0 Å². The third-order valence-electron chi connectivity index (χ3n) is 23.4. The number of rotatable bonds is 2. The van der Waals surface area contributed by atoms with Crippen molar-refractivity contribution in [2.24, 2.45) is 110 Å². The molecule has 0 amide bonds. The van der Waals surface area contributed by atoms with Crippen molar-refractivity contribution in [1.82, 2.24) is 0 Å². The second-order valence-corrected chi connectivity index (χ2v) is 28.0. The molecule has 0 heterocycles. The lowest BCUT2D eigenvalue weighted by Gasteiger charge is -2.47. The van der Waals surface area contributed by atoms with E-state index in [-0.39, 0.29) is 0 Å². The Kier molecular flexibility index (Phi) is 19.9. The van der Waals surface area contributed by atoms with E-state index in [0.717, 1.165) is 94.2 Å². The maximum atomic E-state index is 2.48. The molecule has 0 nitrogen and oxygen atoms in total. The fraction of sp³-hybridized carbons (Fsp3) is 1.00. The van der Waals surface area contributed by atoms with Gasteiger partial charge in [-0.05, 0) is 207 Å². The fourth-order valence-corrected chi connectivity index (χ4v) is 16.9. The van der Waals surface area contributed by atoms with Crippen molar-refractivity contribution in [3.8, 4) is 0 Å². The highest BCUT2D eigenvalue weighted by atomic mass is 14.6. The van der Waals surface area contributed by atoms with E-state index in [0.29, 0.717) is 16.2 Å². The van der Waals surface area contributed by atoms with Crippen molar-refractivity contribution in [2.45, 2.75) is 284 Å². The van der Waals surface area contributed by atoms with Crippen LogP contribution in [0.3, 0.4) is 0 Å². The summed E-state index contributed by atoms with van der Waals surface area (Å²) >= 11 is 0. The summed E-state index contributed by atoms with van der Waals surface area (Å²) in [4.78, 5) is 0. The first-order valence-electron chi connectivity index (χ1n) is 29.2. The second kappa shape index (κ2) is 23.3. The Balaban J connectivity index is 0.000000137. The van der Waals surface area contributed by atoms with E-state index in [2.05, 4.69) is 104 Å². The van der Waals surface area contributed by atoms with Gasteiger partial charge in [-0.15, -0.1) is 0 Å². The van der Waals surface area contributed by atoms with Crippen molar-refractivity contribution in [3.63, 3.8) is 0 Å². The quantitative estimate of drug-likeness (QED) is 0.259. The average molecular weight is 862 g/mol. The summed E-state index contributed by atoms with van der Waals surface area (Å²) in [6, 6.07) is 0. The van der Waals surface area contributed by atoms with Gasteiger partial charge >= 0.3 is 0 Å². The summed E-state index contributed by atoms with van der Waals surface area (Å²) in [5.41, 5.74) is 2.58. The molecule has 0 aliphatic heterocycles. The highest BCUT2D eigenvalue weighted by Crippen LogP contribution is 2.59. The van der Waals surface area contributed by atoms with Crippen LogP contribution >= 0.6 is 0 Å². The zero-order valence-corrected chi connectivity index (χ0v) is 45.5. The molecule has 0 heteroatoms. The van der Waals surface area contributed by atoms with E-state index < -0.39 is 0 Å². The molecule has 8 bridgehead atoms. The van der Waals surface area contributed by atoms with Crippen LogP contribution in [0, 0.1) is 110 Å². The van der Waals surface area contributed by atoms with Gasteiger partial charge in [0.2, 0.25) is 0 Å². The van der Waals surface area contributed by atoms with Crippen LogP contribution in [0.1, 0.15) is 284 Å². The van der Waals surface area contributed by atoms with Crippen molar-refractivity contribution < 1.29 is 0 Å². The largest absolute Gasteiger partial charge is 0.0651 e. The summed E-state index contributed by atoms with van der Waals surface area (Å²) in [7, 11) is 0. The minimum atomic E-state index is 0.571. The molecule has 0 radical (unpaired) electrons. The summed E-state index contributed by atoms with van der Waals surface area (Å²) in [5.74, 6) is 16.0. The van der Waals surface area contributed by atoms with E-state index in [1.54, 1.807) is 32.1 Å². The third kappa shape index (κ3) is 13.8. The van der Waals surface area contributed by atoms with Gasteiger partial charge in [-0.25, -0.2) is 0 Å². The molecule has 0 N–H and O–H groups in total. The highest BCUT2D eigenvalue weighted by molar-refractivity contribution is 5.00. The molecular weight excluding hydrogens is 745 g/mol. The topological polar surface area (TPSA) is 0 Å². The first-order valence-corrected chi connectivity index (χ1v) is 29.2. The Labute approximate surface area is 392 Å². The number of hydrogen-bond acceptors (Lipinski definition) is 0. The molecule has 364 valence electrons. The number of hydrogen-bond donors (Lipinski definition) is 0. The molecule has 9 unspecified atom stereocenters. The van der Waals surface area contributed by atoms with Crippen LogP contribution in [-0.2, 0) is 0 Å². The maximum absolute atomic E-state index is 2.48. The van der Waals surface area contributed by atoms with Crippen LogP contribution in [-0.4, -0.2) is 0 Å². The molecule has 0 aromatic rings. The Morgan fingerprint density at radius 3 is 1.19 bits per heavy atom. The third-order valence-corrected chi connectivity index (χ3v) is 23.4. The highest BCUT2D eigenvalue weighted by Gasteiger charge is 2.50. The van der Waals surface area contributed by atoms with Crippen molar-refractivity contribution in [3.05, 3.63) is 0 Å². The van der Waals surface area contributed by atoms with Gasteiger partial charge in [-0.3, -0.25) is 0 Å². The summed E-state index contributed by atoms with van der Waals surface area (Å²) in [6.07, 6.45) is 42.1. The summed E-state index contributed by atoms with van der Waals surface area (Å²) in [5, 5.41) is 0. The van der Waals surface area contributed by atoms with E-state index in [1.807, 2.05) is 0 Å². The lowest BCUT2D eigenvalue weighted by atomic mass is 9.58. The minimum Gasteiger partial charge on any atom is -0.0651 e. The van der Waals surface area contributed by atoms with Crippen molar-refractivity contribution in [2.75, 3.05) is 0 Å². The van der Waals surface area contributed by atoms with Gasteiger partial charge in [0.1, 0.15) is 0 Å². The van der Waals surface area contributed by atoms with Gasteiger partial charge in [-0.1, -0.05) is 187 Å². The molecule has 0 aromatic heterocycles. The maximum Gasteiger partial charge on any atom is -0.0297 e. The molecule has 11 saturated carbocycles. The normalized spacial score (nSPS) is 42.4. The second-order valence-electron chi connectivity index (χ2n) is 28.0. The zero-order valence-electron chi connectivity index (χ0n) is 45.5. The molecule has 0 spiro atoms. The number of fused-ring (bicyclic) bond motifs is 8. The molecular formula is C62H116. The lowest BCUT2D eigenvalue weighted by molar-refractivity contribution is 0.0286. The molecule has 11 aliphatic rings. The summed E-state index contributed by atoms with van der Waals surface area (Å²) in [6.45, 7) is 36.3. The van der Waals surface area contributed by atoms with E-state index in [4.69, 9.17) is 0 Å². The van der Waals surface area contributed by atoms with Crippen LogP contribution in [0.25, 0.3) is 0 Å². The predicted molar refractivity (Wildman–Crippen MR) is 276 cm³/mol. The SMILES string of the molecule is CC1C(C)(C)CCCC1(C)C.CC1C2CCC(C2)[C@H]1C.CCC1CCCC1.CCC1CCCCC1.C[C@@H]1C2CCC(C2)C1(C)C.C[C@H]1CC2CCC1(C)C2.C[C@H]1CC2CCC1C2. The average Bonchev–Trinajstić information content (AvgIpc) is 4.11. The summed E-state index contributed by atoms with van der Waals surface area (Å²) < 4.78 is 0. The fourth-order valence-electron chi connectivity index (χ4n) is 16.9. The zero-order chi connectivity index (χ0) is 45.5. The Morgan fingerprint density at radius 1 is 0.419 bits per heavy atom. The van der Waals surface area contributed by atoms with Gasteiger partial charge in [0, 0.05) is 0 Å². The predicted octanol–water partition coefficient (Wildman–Crippen LogP) is 20.5. The molecule has 11 fully saturated rings. The van der Waals surface area contributed by atoms with Crippen LogP contribution in [0.4, 0.5) is 0 Å². The van der Waals surface area contributed by atoms with Crippen LogP contribution in [0.2, 0.25) is 0 Å². The Bertz CT molecular complexity index is 1220. The van der Waals surface area contributed by atoms with Gasteiger partial charge in [0.05, 0.1) is 0 Å². The van der Waals surface area contributed by atoms with Gasteiger partial charge in [0.15, 0.2) is 0 Å². The molecule has 0 saturated heterocycles. The molecule has 13 atom stereocenters. The van der Waals surface area contributed by atoms with Crippen LogP contribution in [0.5, 0.6) is 0 Å². The molecule has 11 aliphatic carbocycles. The van der Waals surface area contributed by atoms with Crippen LogP contribution < -0.4 is 0 Å². The van der Waals surface area contributed by atoms with Gasteiger partial charge < -0.3 is 0 Å². The molecule has 62 heavy (non-hydrogen) atoms. The Morgan fingerprint density at radius 2 is 0.935 bits per heavy atom. The Hall–Kier alpha value is 0. The lowest BCUT2D eigenvalue weighted by Crippen LogP contribution is -2.38. The van der Waals surface area contributed by atoms with E-state index >= 15 is 0 Å². The van der Waals surface area contributed by atoms with E-state index in [1.165, 1.54) is 148 Å². The smallest absolute Gasteiger partial charge is 0.0297 e. The van der Waals surface area contributed by atoms with Crippen molar-refractivity contribution >= 4 is 0 Å². The van der Waals surface area contributed by atoms with Gasteiger partial charge in [0.25, 0.3) is 0 Å². The molecule has 11 rings (SSSR count). The van der Waals surface area contributed by atoms with Crippen LogP contribution in [0.15, 0.2) is 0 Å². The monoisotopic (exact) mass is 861 g/mol. The standard InChI is InChI=1S/C11H22.C10H18.2C9H16.C8H14.C8H16.C7H14/c1-9-10(2,3)7-6-8-11(9,4)5;1-7-8-4-5-9(6-8)10(7,2)3;1-7-5-8-3-4-9(7,2)6-8;1-6-7(2)9-4-3-8(6)5-9;1-6-4-7-2-3-8(6)5-7;1-2-8-6-4-3-5-7-8;1-2-7-5-3-4-6-7/h9H,6-8H2,1-5H3;7-9H,4-6H2,1-3H3;7-8H,3-6H2,1-2H3;6-9H,3-5H2,1-2H3;6-8H,2-5H2,1H3;8H,2-7H2,1H3;7H,2-6H2,1H3/t;2*7-,8?,9?;6-,7?,8?,9?;6-,7?,8?;;/m.1000../s1. The first kappa shape index (κ1) is 53.0. The first-order chi connectivity index (χ1) is 29.2. The molecule has 0 aromatic carbocycles. The van der Waals surface area contributed by atoms with Crippen molar-refractivity contribution in [1.29, 1.82) is 0 Å². The minimum absolute atomic E-state index is 0.571. The van der Waals surface area contributed by atoms with E-state index in [9.17, 15) is 0 Å².